The maximum Gasteiger partial charge on any atom is 0.240 e. The van der Waals surface area contributed by atoms with Crippen LogP contribution in [-0.2, 0) is 4.79 Å². The van der Waals surface area contributed by atoms with E-state index in [1.807, 2.05) is 69.4 Å². The van der Waals surface area contributed by atoms with Gasteiger partial charge in [0.1, 0.15) is 5.75 Å². The highest BCUT2D eigenvalue weighted by atomic mass is 32.2. The van der Waals surface area contributed by atoms with Gasteiger partial charge in [0.15, 0.2) is 4.34 Å². The first-order chi connectivity index (χ1) is 12.6. The summed E-state index contributed by atoms with van der Waals surface area (Å²) in [6.45, 7) is 4.65. The standard InChI is InChI=1S/C20H22N2O2S2/c1-4-17(19(23)22(3)14-9-7-6-8-10-14)25-20-21-16-12-11-15(24-5-2)13-18(16)26-20/h6-13,17H,4-5H2,1-3H3/t17-/m0/s1. The van der Waals surface area contributed by atoms with Gasteiger partial charge in [0.05, 0.1) is 22.1 Å². The molecule has 0 unspecified atom stereocenters. The zero-order chi connectivity index (χ0) is 18.5. The molecular weight excluding hydrogens is 364 g/mol. The highest BCUT2D eigenvalue weighted by molar-refractivity contribution is 8.02. The Bertz CT molecular complexity index is 880. The summed E-state index contributed by atoms with van der Waals surface area (Å²) < 4.78 is 7.55. The molecular formula is C20H22N2O2S2. The van der Waals surface area contributed by atoms with Gasteiger partial charge in [-0.05, 0) is 43.7 Å². The number of carbonyl (C=O) groups is 1. The van der Waals surface area contributed by atoms with Gasteiger partial charge in [-0.2, -0.15) is 0 Å². The molecule has 6 heteroatoms. The lowest BCUT2D eigenvalue weighted by atomic mass is 10.2. The fraction of sp³-hybridized carbons (Fsp3) is 0.300. The molecule has 3 rings (SSSR count). The van der Waals surface area contributed by atoms with Gasteiger partial charge in [-0.25, -0.2) is 4.98 Å². The van der Waals surface area contributed by atoms with Crippen LogP contribution in [-0.4, -0.2) is 29.8 Å². The number of hydrogen-bond acceptors (Lipinski definition) is 5. The van der Waals surface area contributed by atoms with Gasteiger partial charge < -0.3 is 9.64 Å². The molecule has 3 aromatic rings. The normalized spacial score (nSPS) is 12.1. The Morgan fingerprint density at radius 3 is 2.69 bits per heavy atom. The van der Waals surface area contributed by atoms with Crippen LogP contribution in [0, 0.1) is 0 Å². The minimum absolute atomic E-state index is 0.0953. The minimum Gasteiger partial charge on any atom is -0.494 e. The Morgan fingerprint density at radius 2 is 2.00 bits per heavy atom. The summed E-state index contributed by atoms with van der Waals surface area (Å²) in [6.07, 6.45) is 0.751. The fourth-order valence-electron chi connectivity index (χ4n) is 2.62. The van der Waals surface area contributed by atoms with Crippen LogP contribution in [0.15, 0.2) is 52.9 Å². The first-order valence-corrected chi connectivity index (χ1v) is 10.3. The Hall–Kier alpha value is -2.05. The number of nitrogens with zero attached hydrogens (tertiary/aromatic N) is 2. The number of para-hydroxylation sites is 1. The van der Waals surface area contributed by atoms with Gasteiger partial charge in [0.25, 0.3) is 0 Å². The van der Waals surface area contributed by atoms with Crippen LogP contribution in [0.2, 0.25) is 0 Å². The predicted octanol–water partition coefficient (Wildman–Crippen LogP) is 5.23. The number of amides is 1. The molecule has 0 bridgehead atoms. The van der Waals surface area contributed by atoms with E-state index in [2.05, 4.69) is 4.98 Å². The number of fused-ring (bicyclic) bond motifs is 1. The summed E-state index contributed by atoms with van der Waals surface area (Å²) in [5.41, 5.74) is 1.85. The molecule has 136 valence electrons. The van der Waals surface area contributed by atoms with E-state index < -0.39 is 0 Å². The van der Waals surface area contributed by atoms with Gasteiger partial charge in [-0.3, -0.25) is 4.79 Å². The second-order valence-corrected chi connectivity index (χ2v) is 8.27. The van der Waals surface area contributed by atoms with E-state index in [0.29, 0.717) is 6.61 Å². The Labute approximate surface area is 162 Å². The van der Waals surface area contributed by atoms with Gasteiger partial charge in [0, 0.05) is 12.7 Å². The smallest absolute Gasteiger partial charge is 0.240 e. The maximum atomic E-state index is 12.9. The molecule has 0 radical (unpaired) electrons. The van der Waals surface area contributed by atoms with Crippen LogP contribution >= 0.6 is 23.1 Å². The molecule has 0 saturated carbocycles. The summed E-state index contributed by atoms with van der Waals surface area (Å²) in [7, 11) is 1.83. The first kappa shape index (κ1) is 18.7. The average molecular weight is 387 g/mol. The van der Waals surface area contributed by atoms with Crippen LogP contribution < -0.4 is 9.64 Å². The van der Waals surface area contributed by atoms with Crippen molar-refractivity contribution >= 4 is 44.9 Å². The molecule has 0 fully saturated rings. The molecule has 26 heavy (non-hydrogen) atoms. The van der Waals surface area contributed by atoms with E-state index in [1.165, 1.54) is 0 Å². The van der Waals surface area contributed by atoms with Crippen molar-refractivity contribution in [2.45, 2.75) is 29.9 Å². The molecule has 1 heterocycles. The largest absolute Gasteiger partial charge is 0.494 e. The van der Waals surface area contributed by atoms with E-state index in [0.717, 1.165) is 32.4 Å². The van der Waals surface area contributed by atoms with Crippen LogP contribution in [0.3, 0.4) is 0 Å². The van der Waals surface area contributed by atoms with Crippen molar-refractivity contribution in [1.29, 1.82) is 0 Å². The van der Waals surface area contributed by atoms with E-state index in [1.54, 1.807) is 28.0 Å². The topological polar surface area (TPSA) is 42.4 Å². The van der Waals surface area contributed by atoms with Gasteiger partial charge in [-0.1, -0.05) is 36.9 Å². The highest BCUT2D eigenvalue weighted by Gasteiger charge is 2.24. The maximum absolute atomic E-state index is 12.9. The van der Waals surface area contributed by atoms with Crippen LogP contribution in [0.4, 0.5) is 5.69 Å². The van der Waals surface area contributed by atoms with Crippen molar-refractivity contribution in [2.24, 2.45) is 0 Å². The Balaban J connectivity index is 1.77. The Kier molecular flexibility index (Phi) is 6.16. The lowest BCUT2D eigenvalue weighted by molar-refractivity contribution is -0.117. The molecule has 0 N–H and O–H groups in total. The van der Waals surface area contributed by atoms with Crippen molar-refractivity contribution in [1.82, 2.24) is 4.98 Å². The van der Waals surface area contributed by atoms with Gasteiger partial charge in [-0.15, -0.1) is 11.3 Å². The molecule has 0 aliphatic carbocycles. The Morgan fingerprint density at radius 1 is 1.23 bits per heavy atom. The van der Waals surface area contributed by atoms with E-state index in [9.17, 15) is 4.79 Å². The summed E-state index contributed by atoms with van der Waals surface area (Å²) in [5.74, 6) is 0.949. The highest BCUT2D eigenvalue weighted by Crippen LogP contribution is 2.35. The number of thiazole rings is 1. The number of aromatic nitrogens is 1. The second kappa shape index (κ2) is 8.56. The van der Waals surface area contributed by atoms with Crippen molar-refractivity contribution in [3.63, 3.8) is 0 Å². The van der Waals surface area contributed by atoms with Crippen molar-refractivity contribution in [2.75, 3.05) is 18.6 Å². The summed E-state index contributed by atoms with van der Waals surface area (Å²) in [5, 5.41) is -0.160. The minimum atomic E-state index is -0.160. The lowest BCUT2D eigenvalue weighted by Crippen LogP contribution is -2.34. The molecule has 0 spiro atoms. The van der Waals surface area contributed by atoms with Crippen molar-refractivity contribution in [3.8, 4) is 5.75 Å². The van der Waals surface area contributed by atoms with Gasteiger partial charge >= 0.3 is 0 Å². The summed E-state index contributed by atoms with van der Waals surface area (Å²) in [4.78, 5) is 19.3. The van der Waals surface area contributed by atoms with Crippen molar-refractivity contribution in [3.05, 3.63) is 48.5 Å². The molecule has 1 atom stereocenters. The number of anilines is 1. The van der Waals surface area contributed by atoms with Crippen molar-refractivity contribution < 1.29 is 9.53 Å². The summed E-state index contributed by atoms with van der Waals surface area (Å²) >= 11 is 3.15. The van der Waals surface area contributed by atoms with Crippen LogP contribution in [0.25, 0.3) is 10.2 Å². The third kappa shape index (κ3) is 4.19. The average Bonchev–Trinajstić information content (AvgIpc) is 3.07. The van der Waals surface area contributed by atoms with E-state index in [-0.39, 0.29) is 11.2 Å². The summed E-state index contributed by atoms with van der Waals surface area (Å²) in [6, 6.07) is 15.6. The number of ether oxygens (including phenoxy) is 1. The predicted molar refractivity (Wildman–Crippen MR) is 111 cm³/mol. The number of hydrogen-bond donors (Lipinski definition) is 0. The third-order valence-electron chi connectivity index (χ3n) is 4.01. The molecule has 2 aromatic carbocycles. The zero-order valence-electron chi connectivity index (χ0n) is 15.1. The fourth-order valence-corrected chi connectivity index (χ4v) is 4.97. The number of thioether (sulfide) groups is 1. The lowest BCUT2D eigenvalue weighted by Gasteiger charge is -2.22. The monoisotopic (exact) mass is 386 g/mol. The molecule has 0 aliphatic heterocycles. The van der Waals surface area contributed by atoms with Crippen LogP contribution in [0.1, 0.15) is 20.3 Å². The third-order valence-corrected chi connectivity index (χ3v) is 6.48. The SMILES string of the molecule is CCOc1ccc2nc(S[C@@H](CC)C(=O)N(C)c3ccccc3)sc2c1. The first-order valence-electron chi connectivity index (χ1n) is 8.65. The molecule has 0 saturated heterocycles. The molecule has 4 nitrogen and oxygen atoms in total. The number of carbonyl (C=O) groups excluding carboxylic acids is 1. The van der Waals surface area contributed by atoms with Crippen LogP contribution in [0.5, 0.6) is 5.75 Å². The molecule has 0 aliphatic rings. The van der Waals surface area contributed by atoms with E-state index >= 15 is 0 Å². The van der Waals surface area contributed by atoms with E-state index in [4.69, 9.17) is 4.74 Å². The number of rotatable bonds is 7. The zero-order valence-corrected chi connectivity index (χ0v) is 16.8. The molecule has 1 aromatic heterocycles. The quantitative estimate of drug-likeness (QED) is 0.522. The molecule has 1 amide bonds. The van der Waals surface area contributed by atoms with Gasteiger partial charge in [0.2, 0.25) is 5.91 Å². The second-order valence-electron chi connectivity index (χ2n) is 5.79. The number of benzene rings is 2.